The molecule has 0 aliphatic carbocycles. The molecule has 3 saturated heterocycles. The van der Waals surface area contributed by atoms with Crippen LogP contribution in [0, 0.1) is 10.8 Å². The van der Waals surface area contributed by atoms with Gasteiger partial charge in [0.25, 0.3) is 0 Å². The summed E-state index contributed by atoms with van der Waals surface area (Å²) in [5.74, 6) is 0.147. The number of ether oxygens (including phenoxy) is 1. The van der Waals surface area contributed by atoms with Crippen molar-refractivity contribution in [1.29, 1.82) is 0 Å². The zero-order chi connectivity index (χ0) is 21.4. The van der Waals surface area contributed by atoms with E-state index in [1.165, 1.54) is 0 Å². The van der Waals surface area contributed by atoms with Crippen molar-refractivity contribution in [2.24, 2.45) is 10.8 Å². The number of nitrogens with zero attached hydrogens (tertiary/aromatic N) is 2. The van der Waals surface area contributed by atoms with Gasteiger partial charge in [-0.05, 0) is 43.4 Å². The second-order valence-corrected chi connectivity index (χ2v) is 10.9. The molecule has 3 fully saturated rings. The van der Waals surface area contributed by atoms with Crippen molar-refractivity contribution in [3.63, 3.8) is 0 Å². The van der Waals surface area contributed by atoms with E-state index in [4.69, 9.17) is 4.74 Å². The van der Waals surface area contributed by atoms with Crippen LogP contribution in [0.5, 0.6) is 0 Å². The lowest BCUT2D eigenvalue weighted by atomic mass is 9.60. The number of hydrogen-bond donors (Lipinski definition) is 1. The van der Waals surface area contributed by atoms with Crippen molar-refractivity contribution in [3.05, 3.63) is 29.8 Å². The molecule has 30 heavy (non-hydrogen) atoms. The molecule has 3 aliphatic heterocycles. The fourth-order valence-electron chi connectivity index (χ4n) is 5.73. The average Bonchev–Trinajstić information content (AvgIpc) is 3.27. The van der Waals surface area contributed by atoms with Crippen LogP contribution in [-0.2, 0) is 26.0 Å². The molecule has 0 radical (unpaired) electrons. The summed E-state index contributed by atoms with van der Waals surface area (Å²) in [6, 6.07) is 7.21. The Balaban J connectivity index is 1.53. The minimum absolute atomic E-state index is 0.147. The number of amides is 1. The van der Waals surface area contributed by atoms with Gasteiger partial charge >= 0.3 is 0 Å². The van der Waals surface area contributed by atoms with Crippen LogP contribution < -0.4 is 5.32 Å². The topological polar surface area (TPSA) is 79.0 Å². The standard InChI is InChI=1S/C22H33N3O4S/c1-3-18-4-6-19(7-5-18)30(27,28)25-12-9-21(10-13-25)16-24(14-15-29-2)17-22(21)8-11-23-20(22)26/h4-7H,3,8-17H2,1-2H3,(H,23,26). The molecule has 7 nitrogen and oxygen atoms in total. The second kappa shape index (κ2) is 8.22. The van der Waals surface area contributed by atoms with Gasteiger partial charge in [0.05, 0.1) is 16.9 Å². The highest BCUT2D eigenvalue weighted by molar-refractivity contribution is 7.89. The van der Waals surface area contributed by atoms with Crippen LogP contribution in [0.4, 0.5) is 0 Å². The SMILES string of the molecule is CCc1ccc(S(=O)(=O)N2CCC3(CC2)CN(CCOC)CC32CCNC2=O)cc1. The van der Waals surface area contributed by atoms with E-state index in [-0.39, 0.29) is 11.3 Å². The zero-order valence-electron chi connectivity index (χ0n) is 18.0. The van der Waals surface area contributed by atoms with Crippen LogP contribution in [0.1, 0.15) is 31.7 Å². The van der Waals surface area contributed by atoms with E-state index >= 15 is 0 Å². The Bertz CT molecular complexity index is 878. The Hall–Kier alpha value is -1.48. The maximum atomic E-state index is 13.2. The highest BCUT2D eigenvalue weighted by Gasteiger charge is 2.63. The zero-order valence-corrected chi connectivity index (χ0v) is 18.8. The molecule has 166 valence electrons. The molecule has 1 amide bonds. The molecule has 1 aromatic carbocycles. The van der Waals surface area contributed by atoms with Crippen molar-refractivity contribution in [1.82, 2.24) is 14.5 Å². The van der Waals surface area contributed by atoms with Gasteiger partial charge in [0.1, 0.15) is 0 Å². The third-order valence-corrected chi connectivity index (χ3v) is 9.48. The molecule has 1 aromatic rings. The summed E-state index contributed by atoms with van der Waals surface area (Å²) >= 11 is 0. The Morgan fingerprint density at radius 1 is 1.10 bits per heavy atom. The maximum Gasteiger partial charge on any atom is 0.243 e. The number of carbonyl (C=O) groups excluding carboxylic acids is 1. The van der Waals surface area contributed by atoms with Crippen molar-refractivity contribution < 1.29 is 17.9 Å². The maximum absolute atomic E-state index is 13.2. The van der Waals surface area contributed by atoms with E-state index in [1.54, 1.807) is 23.5 Å². The quantitative estimate of drug-likeness (QED) is 0.732. The molecule has 3 aliphatic rings. The van der Waals surface area contributed by atoms with Gasteiger partial charge in [-0.2, -0.15) is 4.31 Å². The fraction of sp³-hybridized carbons (Fsp3) is 0.682. The van der Waals surface area contributed by atoms with Crippen molar-refractivity contribution in [2.45, 2.75) is 37.5 Å². The summed E-state index contributed by atoms with van der Waals surface area (Å²) in [4.78, 5) is 15.6. The van der Waals surface area contributed by atoms with Gasteiger partial charge < -0.3 is 10.1 Å². The molecule has 0 aromatic heterocycles. The van der Waals surface area contributed by atoms with Crippen LogP contribution in [0.3, 0.4) is 0 Å². The van der Waals surface area contributed by atoms with Gasteiger partial charge in [-0.3, -0.25) is 9.69 Å². The number of rotatable bonds is 6. The summed E-state index contributed by atoms with van der Waals surface area (Å²) in [7, 11) is -1.82. The van der Waals surface area contributed by atoms with Crippen LogP contribution >= 0.6 is 0 Å². The summed E-state index contributed by atoms with van der Waals surface area (Å²) in [5, 5.41) is 3.05. The van der Waals surface area contributed by atoms with E-state index in [0.29, 0.717) is 31.1 Å². The summed E-state index contributed by atoms with van der Waals surface area (Å²) in [5.41, 5.74) is 0.557. The Morgan fingerprint density at radius 2 is 1.80 bits per heavy atom. The van der Waals surface area contributed by atoms with Gasteiger partial charge in [-0.15, -0.1) is 0 Å². The first-order chi connectivity index (χ1) is 14.4. The molecule has 3 heterocycles. The van der Waals surface area contributed by atoms with Crippen molar-refractivity contribution in [3.8, 4) is 0 Å². The van der Waals surface area contributed by atoms with Crippen LogP contribution in [-0.4, -0.2) is 76.5 Å². The van der Waals surface area contributed by atoms with E-state index < -0.39 is 15.4 Å². The molecule has 4 rings (SSSR count). The van der Waals surface area contributed by atoms with Gasteiger partial charge in [-0.25, -0.2) is 8.42 Å². The molecule has 1 atom stereocenters. The number of likely N-dealkylation sites (tertiary alicyclic amines) is 1. The number of aryl methyl sites for hydroxylation is 1. The van der Waals surface area contributed by atoms with E-state index in [1.807, 2.05) is 12.1 Å². The minimum Gasteiger partial charge on any atom is -0.383 e. The summed E-state index contributed by atoms with van der Waals surface area (Å²) < 4.78 is 33.2. The highest BCUT2D eigenvalue weighted by atomic mass is 32.2. The largest absolute Gasteiger partial charge is 0.383 e. The molecule has 2 spiro atoms. The Kier molecular flexibility index (Phi) is 5.96. The number of methoxy groups -OCH3 is 1. The number of fused-ring (bicyclic) bond motifs is 1. The first-order valence-corrected chi connectivity index (χ1v) is 12.4. The predicted molar refractivity (Wildman–Crippen MR) is 115 cm³/mol. The van der Waals surface area contributed by atoms with Crippen LogP contribution in [0.15, 0.2) is 29.2 Å². The predicted octanol–water partition coefficient (Wildman–Crippen LogP) is 1.49. The number of benzene rings is 1. The third-order valence-electron chi connectivity index (χ3n) is 7.57. The summed E-state index contributed by atoms with van der Waals surface area (Å²) in [6.07, 6.45) is 3.16. The molecule has 0 saturated carbocycles. The van der Waals surface area contributed by atoms with Crippen molar-refractivity contribution in [2.75, 3.05) is 53.0 Å². The summed E-state index contributed by atoms with van der Waals surface area (Å²) in [6.45, 7) is 6.72. The van der Waals surface area contributed by atoms with E-state index in [9.17, 15) is 13.2 Å². The van der Waals surface area contributed by atoms with Crippen LogP contribution in [0.2, 0.25) is 0 Å². The number of hydrogen-bond acceptors (Lipinski definition) is 5. The lowest BCUT2D eigenvalue weighted by Gasteiger charge is -2.46. The first-order valence-electron chi connectivity index (χ1n) is 11.0. The molecular formula is C22H33N3O4S. The lowest BCUT2D eigenvalue weighted by molar-refractivity contribution is -0.133. The highest BCUT2D eigenvalue weighted by Crippen LogP contribution is 2.56. The van der Waals surface area contributed by atoms with E-state index in [0.717, 1.165) is 50.9 Å². The minimum atomic E-state index is -3.51. The number of nitrogens with one attached hydrogen (secondary N) is 1. The van der Waals surface area contributed by atoms with Crippen molar-refractivity contribution >= 4 is 15.9 Å². The normalized spacial score (nSPS) is 27.2. The molecule has 1 N–H and O–H groups in total. The van der Waals surface area contributed by atoms with Gasteiger partial charge in [0.2, 0.25) is 15.9 Å². The molecule has 0 bridgehead atoms. The average molecular weight is 436 g/mol. The second-order valence-electron chi connectivity index (χ2n) is 8.97. The van der Waals surface area contributed by atoms with Gasteiger partial charge in [0, 0.05) is 51.8 Å². The fourth-order valence-corrected chi connectivity index (χ4v) is 7.17. The number of piperidine rings is 1. The monoisotopic (exact) mass is 435 g/mol. The number of carbonyl (C=O) groups is 1. The first kappa shape index (κ1) is 21.7. The number of sulfonamides is 1. The van der Waals surface area contributed by atoms with Gasteiger partial charge in [0.15, 0.2) is 0 Å². The Morgan fingerprint density at radius 3 is 2.37 bits per heavy atom. The smallest absolute Gasteiger partial charge is 0.243 e. The van der Waals surface area contributed by atoms with Crippen LogP contribution in [0.25, 0.3) is 0 Å². The molecular weight excluding hydrogens is 402 g/mol. The molecule has 1 unspecified atom stereocenters. The molecule has 8 heteroatoms. The van der Waals surface area contributed by atoms with Gasteiger partial charge in [-0.1, -0.05) is 19.1 Å². The van der Waals surface area contributed by atoms with E-state index in [2.05, 4.69) is 17.1 Å². The third kappa shape index (κ3) is 3.47. The lowest BCUT2D eigenvalue weighted by Crippen LogP contribution is -2.53. The Labute approximate surface area is 179 Å².